The Labute approximate surface area is 122 Å². The van der Waals surface area contributed by atoms with Crippen LogP contribution in [0.25, 0.3) is 0 Å². The van der Waals surface area contributed by atoms with Crippen molar-refractivity contribution in [2.45, 2.75) is 6.18 Å². The number of aliphatic carboxylic acids is 1. The lowest BCUT2D eigenvalue weighted by Gasteiger charge is -2.10. The number of halogens is 3. The summed E-state index contributed by atoms with van der Waals surface area (Å²) in [4.78, 5) is 13.8. The molecular formula is C14H10F3NO4. The molecule has 0 atom stereocenters. The van der Waals surface area contributed by atoms with Gasteiger partial charge in [-0.25, -0.2) is 4.79 Å². The summed E-state index contributed by atoms with van der Waals surface area (Å²) in [6.07, 6.45) is -2.64. The van der Waals surface area contributed by atoms with Crippen molar-refractivity contribution in [1.29, 1.82) is 0 Å². The van der Waals surface area contributed by atoms with Gasteiger partial charge in [0.25, 0.3) is 0 Å². The topological polar surface area (TPSA) is 68.7 Å². The first-order valence-corrected chi connectivity index (χ1v) is 5.99. The van der Waals surface area contributed by atoms with E-state index in [9.17, 15) is 18.0 Å². The summed E-state index contributed by atoms with van der Waals surface area (Å²) in [7, 11) is 0. The summed E-state index contributed by atoms with van der Waals surface area (Å²) >= 11 is 0. The van der Waals surface area contributed by atoms with Gasteiger partial charge < -0.3 is 14.6 Å². The number of ether oxygens (including phenoxy) is 2. The lowest BCUT2D eigenvalue weighted by atomic mass is 10.2. The second-order valence-electron chi connectivity index (χ2n) is 4.16. The highest BCUT2D eigenvalue weighted by Crippen LogP contribution is 2.32. The zero-order chi connectivity index (χ0) is 16.2. The van der Waals surface area contributed by atoms with E-state index in [-0.39, 0.29) is 11.5 Å². The molecule has 0 unspecified atom stereocenters. The van der Waals surface area contributed by atoms with Gasteiger partial charge in [0.15, 0.2) is 6.61 Å². The highest BCUT2D eigenvalue weighted by Gasteiger charge is 2.31. The molecule has 0 aliphatic carbocycles. The molecule has 1 aromatic heterocycles. The van der Waals surface area contributed by atoms with E-state index in [0.29, 0.717) is 11.9 Å². The third-order valence-corrected chi connectivity index (χ3v) is 2.46. The Morgan fingerprint density at radius 1 is 1.09 bits per heavy atom. The minimum absolute atomic E-state index is 0.0611. The van der Waals surface area contributed by atoms with Crippen LogP contribution in [-0.4, -0.2) is 22.7 Å². The van der Waals surface area contributed by atoms with Gasteiger partial charge >= 0.3 is 12.1 Å². The Morgan fingerprint density at radius 2 is 1.73 bits per heavy atom. The van der Waals surface area contributed by atoms with Gasteiger partial charge in [0.05, 0.1) is 11.8 Å². The minimum Gasteiger partial charge on any atom is -0.482 e. The Balaban J connectivity index is 2.06. The molecule has 2 rings (SSSR count). The van der Waals surface area contributed by atoms with Crippen LogP contribution in [0.5, 0.6) is 17.2 Å². The Kier molecular flexibility index (Phi) is 4.50. The van der Waals surface area contributed by atoms with Gasteiger partial charge in [-0.2, -0.15) is 13.2 Å². The fourth-order valence-electron chi connectivity index (χ4n) is 1.51. The number of carboxylic acid groups (broad SMARTS) is 1. The molecule has 1 aromatic carbocycles. The molecule has 2 aromatic rings. The van der Waals surface area contributed by atoms with Crippen LogP contribution in [0, 0.1) is 0 Å². The molecule has 116 valence electrons. The van der Waals surface area contributed by atoms with E-state index in [1.807, 2.05) is 0 Å². The smallest absolute Gasteiger partial charge is 0.418 e. The van der Waals surface area contributed by atoms with Crippen molar-refractivity contribution in [1.82, 2.24) is 4.98 Å². The average molecular weight is 313 g/mol. The van der Waals surface area contributed by atoms with Crippen molar-refractivity contribution in [2.75, 3.05) is 6.61 Å². The van der Waals surface area contributed by atoms with Crippen LogP contribution in [0.2, 0.25) is 0 Å². The van der Waals surface area contributed by atoms with Crippen molar-refractivity contribution < 1.29 is 32.5 Å². The average Bonchev–Trinajstić information content (AvgIpc) is 2.46. The molecule has 0 amide bonds. The second kappa shape index (κ2) is 6.33. The van der Waals surface area contributed by atoms with Crippen molar-refractivity contribution in [2.24, 2.45) is 0 Å². The molecule has 0 bridgehead atoms. The predicted octanol–water partition coefficient (Wildman–Crippen LogP) is 3.36. The van der Waals surface area contributed by atoms with E-state index >= 15 is 0 Å². The predicted molar refractivity (Wildman–Crippen MR) is 68.9 cm³/mol. The van der Waals surface area contributed by atoms with Crippen LogP contribution in [-0.2, 0) is 11.0 Å². The molecule has 1 heterocycles. The van der Waals surface area contributed by atoms with Gasteiger partial charge in [0.1, 0.15) is 17.2 Å². The van der Waals surface area contributed by atoms with E-state index in [0.717, 1.165) is 12.3 Å². The lowest BCUT2D eigenvalue weighted by molar-refractivity contribution is -0.139. The van der Waals surface area contributed by atoms with Crippen LogP contribution >= 0.6 is 0 Å². The summed E-state index contributed by atoms with van der Waals surface area (Å²) in [6.45, 7) is -0.488. The first-order chi connectivity index (χ1) is 10.3. The number of rotatable bonds is 5. The zero-order valence-electron chi connectivity index (χ0n) is 11.0. The van der Waals surface area contributed by atoms with Gasteiger partial charge in [0, 0.05) is 6.20 Å². The molecule has 22 heavy (non-hydrogen) atoms. The van der Waals surface area contributed by atoms with Crippen LogP contribution in [0.15, 0.2) is 42.7 Å². The summed E-state index contributed by atoms with van der Waals surface area (Å²) in [5, 5.41) is 8.47. The third-order valence-electron chi connectivity index (χ3n) is 2.46. The molecule has 0 radical (unpaired) electrons. The second-order valence-corrected chi connectivity index (χ2v) is 4.16. The number of nitrogens with zero attached hydrogens (tertiary/aromatic N) is 1. The van der Waals surface area contributed by atoms with Gasteiger partial charge in [-0.1, -0.05) is 0 Å². The molecule has 8 heteroatoms. The number of hydrogen-bond donors (Lipinski definition) is 1. The van der Waals surface area contributed by atoms with Crippen LogP contribution in [0.1, 0.15) is 5.56 Å². The fraction of sp³-hybridized carbons (Fsp3) is 0.143. The zero-order valence-corrected chi connectivity index (χ0v) is 11.0. The molecule has 5 nitrogen and oxygen atoms in total. The van der Waals surface area contributed by atoms with Gasteiger partial charge in [-0.3, -0.25) is 4.98 Å². The minimum atomic E-state index is -4.50. The molecule has 0 saturated carbocycles. The number of pyridine rings is 1. The van der Waals surface area contributed by atoms with E-state index < -0.39 is 24.3 Å². The summed E-state index contributed by atoms with van der Waals surface area (Å²) in [5.41, 5.74) is -0.911. The van der Waals surface area contributed by atoms with Crippen molar-refractivity contribution in [3.05, 3.63) is 48.3 Å². The van der Waals surface area contributed by atoms with Crippen LogP contribution < -0.4 is 9.47 Å². The first kappa shape index (κ1) is 15.6. The maximum atomic E-state index is 12.5. The maximum Gasteiger partial charge on any atom is 0.418 e. The van der Waals surface area contributed by atoms with E-state index in [2.05, 4.69) is 4.98 Å². The molecule has 1 N–H and O–H groups in total. The fourth-order valence-corrected chi connectivity index (χ4v) is 1.51. The molecular weight excluding hydrogens is 303 g/mol. The quantitative estimate of drug-likeness (QED) is 0.916. The van der Waals surface area contributed by atoms with Crippen molar-refractivity contribution in [3.63, 3.8) is 0 Å². The summed E-state index contributed by atoms with van der Waals surface area (Å²) in [5.74, 6) is -0.606. The highest BCUT2D eigenvalue weighted by molar-refractivity contribution is 5.68. The number of carboxylic acids is 1. The summed E-state index contributed by atoms with van der Waals surface area (Å²) in [6, 6.07) is 6.61. The van der Waals surface area contributed by atoms with E-state index in [1.54, 1.807) is 0 Å². The normalized spacial score (nSPS) is 11.0. The Bertz CT molecular complexity index is 656. The molecule has 0 aliphatic rings. The monoisotopic (exact) mass is 313 g/mol. The van der Waals surface area contributed by atoms with Crippen LogP contribution in [0.4, 0.5) is 13.2 Å². The molecule has 0 fully saturated rings. The largest absolute Gasteiger partial charge is 0.482 e. The highest BCUT2D eigenvalue weighted by atomic mass is 19.4. The number of aromatic nitrogens is 1. The molecule has 0 spiro atoms. The Morgan fingerprint density at radius 3 is 2.32 bits per heavy atom. The SMILES string of the molecule is O=C(O)COc1ccc(Oc2cncc(C(F)(F)F)c2)cc1. The number of hydrogen-bond acceptors (Lipinski definition) is 4. The van der Waals surface area contributed by atoms with E-state index in [1.165, 1.54) is 24.3 Å². The Hall–Kier alpha value is -2.77. The number of alkyl halides is 3. The maximum absolute atomic E-state index is 12.5. The molecule has 0 saturated heterocycles. The van der Waals surface area contributed by atoms with Crippen molar-refractivity contribution >= 4 is 5.97 Å². The standard InChI is InChI=1S/C14H10F3NO4/c15-14(16,17)9-5-12(7-18-6-9)22-11-3-1-10(2-4-11)21-8-13(19)20/h1-7H,8H2,(H,19,20). The number of carbonyl (C=O) groups is 1. The van der Waals surface area contributed by atoms with E-state index in [4.69, 9.17) is 14.6 Å². The van der Waals surface area contributed by atoms with Crippen LogP contribution in [0.3, 0.4) is 0 Å². The molecule has 0 aliphatic heterocycles. The van der Waals surface area contributed by atoms with Gasteiger partial charge in [0.2, 0.25) is 0 Å². The lowest BCUT2D eigenvalue weighted by Crippen LogP contribution is -2.09. The third kappa shape index (κ3) is 4.37. The number of benzene rings is 1. The summed E-state index contributed by atoms with van der Waals surface area (Å²) < 4.78 is 47.8. The van der Waals surface area contributed by atoms with Gasteiger partial charge in [-0.05, 0) is 30.3 Å². The van der Waals surface area contributed by atoms with Gasteiger partial charge in [-0.15, -0.1) is 0 Å². The van der Waals surface area contributed by atoms with Crippen molar-refractivity contribution in [3.8, 4) is 17.2 Å². The first-order valence-electron chi connectivity index (χ1n) is 5.99.